The van der Waals surface area contributed by atoms with Gasteiger partial charge < -0.3 is 5.32 Å². The van der Waals surface area contributed by atoms with E-state index in [1.165, 1.54) is 23.5 Å². The van der Waals surface area contributed by atoms with Crippen LogP contribution in [0.4, 0.5) is 14.7 Å². The fourth-order valence-corrected chi connectivity index (χ4v) is 5.79. The van der Waals surface area contributed by atoms with Gasteiger partial charge in [-0.2, -0.15) is 0 Å². The molecule has 0 unspecified atom stereocenters. The number of aromatic nitrogens is 2. The number of fused-ring (bicyclic) bond motifs is 1. The summed E-state index contributed by atoms with van der Waals surface area (Å²) in [6.07, 6.45) is 0.488. The van der Waals surface area contributed by atoms with Gasteiger partial charge in [0.05, 0.1) is 20.8 Å². The van der Waals surface area contributed by atoms with E-state index in [-0.39, 0.29) is 22.4 Å². The van der Waals surface area contributed by atoms with Crippen molar-refractivity contribution in [3.63, 3.8) is 0 Å². The van der Waals surface area contributed by atoms with Crippen molar-refractivity contribution < 1.29 is 17.6 Å². The number of nitrogens with one attached hydrogen (secondary N) is 2. The number of halogens is 2. The van der Waals surface area contributed by atoms with Gasteiger partial charge in [-0.3, -0.25) is 9.52 Å². The Labute approximate surface area is 190 Å². The molecule has 0 spiro atoms. The fraction of sp³-hybridized carbons (Fsp3) is 0.105. The number of hydrogen-bond acceptors (Lipinski definition) is 7. The fourth-order valence-electron chi connectivity index (χ4n) is 2.63. The van der Waals surface area contributed by atoms with Crippen LogP contribution in [0.5, 0.6) is 0 Å². The lowest BCUT2D eigenvalue weighted by Gasteiger charge is -2.04. The van der Waals surface area contributed by atoms with E-state index >= 15 is 0 Å². The molecular weight excluding hydrogens is 483 g/mol. The molecule has 0 atom stereocenters. The van der Waals surface area contributed by atoms with Gasteiger partial charge in [0, 0.05) is 16.8 Å². The zero-order valence-corrected chi connectivity index (χ0v) is 18.8. The maximum Gasteiger partial charge on any atom is 0.263 e. The topological polar surface area (TPSA) is 101 Å². The van der Waals surface area contributed by atoms with Crippen LogP contribution < -0.4 is 10.0 Å². The lowest BCUT2D eigenvalue weighted by Crippen LogP contribution is -2.13. The number of carbonyl (C=O) groups is 1. The van der Waals surface area contributed by atoms with E-state index in [0.29, 0.717) is 22.3 Å². The molecule has 0 aliphatic carbocycles. The lowest BCUT2D eigenvalue weighted by molar-refractivity contribution is -0.116. The van der Waals surface area contributed by atoms with Crippen LogP contribution in [0.25, 0.3) is 10.2 Å². The zero-order chi connectivity index (χ0) is 22.0. The Morgan fingerprint density at radius 1 is 1.10 bits per heavy atom. The van der Waals surface area contributed by atoms with E-state index in [1.807, 2.05) is 0 Å². The van der Waals surface area contributed by atoms with Crippen LogP contribution in [0.15, 0.2) is 52.7 Å². The molecule has 2 N–H and O–H groups in total. The predicted octanol–water partition coefficient (Wildman–Crippen LogP) is 4.92. The monoisotopic (exact) mass is 496 g/mol. The molecule has 12 heteroatoms. The van der Waals surface area contributed by atoms with Gasteiger partial charge in [-0.15, -0.1) is 11.3 Å². The van der Waals surface area contributed by atoms with Gasteiger partial charge >= 0.3 is 0 Å². The van der Waals surface area contributed by atoms with Crippen LogP contribution in [0.3, 0.4) is 0 Å². The molecule has 0 aliphatic rings. The predicted molar refractivity (Wildman–Crippen MR) is 121 cm³/mol. The van der Waals surface area contributed by atoms with Gasteiger partial charge in [0.1, 0.15) is 5.82 Å². The first-order valence-electron chi connectivity index (χ1n) is 8.87. The van der Waals surface area contributed by atoms with Crippen molar-refractivity contribution in [2.24, 2.45) is 0 Å². The lowest BCUT2D eigenvalue weighted by atomic mass is 10.2. The summed E-state index contributed by atoms with van der Waals surface area (Å²) in [5, 5.41) is 5.68. The summed E-state index contributed by atoms with van der Waals surface area (Å²) >= 11 is 8.40. The summed E-state index contributed by atoms with van der Waals surface area (Å²) in [5.41, 5.74) is 1.33. The van der Waals surface area contributed by atoms with E-state index in [2.05, 4.69) is 20.0 Å². The molecule has 1 amide bonds. The Hall–Kier alpha value is -2.60. The van der Waals surface area contributed by atoms with Crippen LogP contribution >= 0.6 is 34.3 Å². The Kier molecular flexibility index (Phi) is 6.19. The van der Waals surface area contributed by atoms with Gasteiger partial charge in [0.2, 0.25) is 5.91 Å². The van der Waals surface area contributed by atoms with Crippen LogP contribution in [0.2, 0.25) is 5.02 Å². The second kappa shape index (κ2) is 8.87. The minimum Gasteiger partial charge on any atom is -0.302 e. The Morgan fingerprint density at radius 3 is 2.65 bits per heavy atom. The van der Waals surface area contributed by atoms with E-state index in [4.69, 9.17) is 11.6 Å². The maximum atomic E-state index is 13.0. The third-order valence-corrected chi connectivity index (χ3v) is 7.56. The average molecular weight is 497 g/mol. The molecule has 0 bridgehead atoms. The number of rotatable bonds is 7. The highest BCUT2D eigenvalue weighted by Gasteiger charge is 2.17. The summed E-state index contributed by atoms with van der Waals surface area (Å²) < 4.78 is 40.9. The minimum atomic E-state index is -3.87. The molecular formula is C19H14ClFN4O3S3. The number of nitrogens with zero attached hydrogens (tertiary/aromatic N) is 2. The highest BCUT2D eigenvalue weighted by molar-refractivity contribution is 7.93. The first kappa shape index (κ1) is 21.6. The Balaban J connectivity index is 1.34. The first-order chi connectivity index (χ1) is 14.8. The summed E-state index contributed by atoms with van der Waals surface area (Å²) in [4.78, 5) is 20.7. The second-order valence-corrected chi connectivity index (χ2v) is 10.4. The number of sulfonamides is 1. The van der Waals surface area contributed by atoms with Crippen LogP contribution in [0.1, 0.15) is 12.1 Å². The van der Waals surface area contributed by atoms with Crippen molar-refractivity contribution in [3.05, 3.63) is 64.4 Å². The van der Waals surface area contributed by atoms with Crippen molar-refractivity contribution >= 4 is 70.7 Å². The number of benzene rings is 2. The van der Waals surface area contributed by atoms with Gasteiger partial charge in [0.25, 0.3) is 10.0 Å². The third kappa shape index (κ3) is 5.37. The number of amides is 1. The standard InChI is InChI=1S/C19H14ClFN4O3S3/c20-11-1-7-15-16(9-11)30-18(23-15)24-17(26)8-4-13-10-29-19(22-13)25-31(27,28)14-5-2-12(21)3-6-14/h1-3,5-7,9-10H,4,8H2,(H,22,25)(H,23,24,26). The maximum absolute atomic E-state index is 13.0. The highest BCUT2D eigenvalue weighted by Crippen LogP contribution is 2.28. The summed E-state index contributed by atoms with van der Waals surface area (Å²) in [6.45, 7) is 0. The molecule has 7 nitrogen and oxygen atoms in total. The number of hydrogen-bond donors (Lipinski definition) is 2. The molecule has 4 rings (SSSR count). The molecule has 2 aromatic heterocycles. The van der Waals surface area contributed by atoms with Gasteiger partial charge in [-0.1, -0.05) is 22.9 Å². The van der Waals surface area contributed by atoms with Crippen molar-refractivity contribution in [2.45, 2.75) is 17.7 Å². The van der Waals surface area contributed by atoms with Crippen molar-refractivity contribution in [2.75, 3.05) is 10.0 Å². The van der Waals surface area contributed by atoms with E-state index in [9.17, 15) is 17.6 Å². The van der Waals surface area contributed by atoms with E-state index in [0.717, 1.165) is 33.7 Å². The smallest absolute Gasteiger partial charge is 0.263 e. The molecule has 2 heterocycles. The summed E-state index contributed by atoms with van der Waals surface area (Å²) in [7, 11) is -3.87. The van der Waals surface area contributed by atoms with Gasteiger partial charge in [0.15, 0.2) is 10.3 Å². The SMILES string of the molecule is O=C(CCc1csc(NS(=O)(=O)c2ccc(F)cc2)n1)Nc1nc2ccc(Cl)cc2s1. The first-order valence-corrected chi connectivity index (χ1v) is 12.4. The normalized spacial score (nSPS) is 11.5. The molecule has 0 saturated carbocycles. The Bertz CT molecular complexity index is 1350. The van der Waals surface area contributed by atoms with Gasteiger partial charge in [-0.25, -0.2) is 22.8 Å². The summed E-state index contributed by atoms with van der Waals surface area (Å²) in [5.74, 6) is -0.755. The second-order valence-electron chi connectivity index (χ2n) is 6.38. The highest BCUT2D eigenvalue weighted by atomic mass is 35.5. The number of thiazole rings is 2. The van der Waals surface area contributed by atoms with Crippen LogP contribution in [-0.2, 0) is 21.2 Å². The van der Waals surface area contributed by atoms with Crippen molar-refractivity contribution in [1.82, 2.24) is 9.97 Å². The zero-order valence-electron chi connectivity index (χ0n) is 15.6. The summed E-state index contributed by atoms with van der Waals surface area (Å²) in [6, 6.07) is 9.79. The van der Waals surface area contributed by atoms with Crippen LogP contribution in [0, 0.1) is 5.82 Å². The van der Waals surface area contributed by atoms with E-state index < -0.39 is 15.8 Å². The quantitative estimate of drug-likeness (QED) is 0.378. The van der Waals surface area contributed by atoms with E-state index in [1.54, 1.807) is 23.6 Å². The Morgan fingerprint density at radius 2 is 1.87 bits per heavy atom. The number of carbonyl (C=O) groups excluding carboxylic acids is 1. The number of aryl methyl sites for hydroxylation is 1. The molecule has 0 saturated heterocycles. The molecule has 0 fully saturated rings. The molecule has 0 radical (unpaired) electrons. The third-order valence-electron chi connectivity index (χ3n) is 4.10. The molecule has 4 aromatic rings. The molecule has 160 valence electrons. The van der Waals surface area contributed by atoms with Gasteiger partial charge in [-0.05, 0) is 48.9 Å². The average Bonchev–Trinajstić information content (AvgIpc) is 3.32. The molecule has 31 heavy (non-hydrogen) atoms. The largest absolute Gasteiger partial charge is 0.302 e. The minimum absolute atomic E-state index is 0.0675. The van der Waals surface area contributed by atoms with Crippen molar-refractivity contribution in [1.29, 1.82) is 0 Å². The number of anilines is 2. The van der Waals surface area contributed by atoms with Crippen LogP contribution in [-0.4, -0.2) is 24.3 Å². The molecule has 2 aromatic carbocycles. The molecule has 0 aliphatic heterocycles. The van der Waals surface area contributed by atoms with Crippen molar-refractivity contribution in [3.8, 4) is 0 Å².